The van der Waals surface area contributed by atoms with Gasteiger partial charge in [-0.15, -0.1) is 0 Å². The predicted octanol–water partition coefficient (Wildman–Crippen LogP) is 6.04. The Labute approximate surface area is 273 Å². The van der Waals surface area contributed by atoms with Crippen molar-refractivity contribution >= 4 is 40.1 Å². The molecule has 2 amide bonds. The highest BCUT2D eigenvalue weighted by Gasteiger charge is 2.66. The number of likely N-dealkylation sites (tertiary alicyclic amines) is 1. The maximum Gasteiger partial charge on any atom is 0.264 e. The fourth-order valence-corrected chi connectivity index (χ4v) is 8.40. The molecule has 8 heteroatoms. The van der Waals surface area contributed by atoms with Crippen LogP contribution in [-0.2, 0) is 31.9 Å². The van der Waals surface area contributed by atoms with Gasteiger partial charge < -0.3 is 24.4 Å². The fraction of sp³-hybridized carbons (Fsp3) is 0.444. The van der Waals surface area contributed by atoms with E-state index in [0.29, 0.717) is 13.1 Å². The Balaban J connectivity index is 1.42. The van der Waals surface area contributed by atoms with Crippen molar-refractivity contribution < 1.29 is 24.2 Å². The smallest absolute Gasteiger partial charge is 0.264 e. The zero-order valence-electron chi connectivity index (χ0n) is 25.8. The number of halogens is 1. The lowest BCUT2D eigenvalue weighted by molar-refractivity contribution is -0.150. The van der Waals surface area contributed by atoms with Crippen LogP contribution in [0.5, 0.6) is 5.75 Å². The van der Waals surface area contributed by atoms with Crippen molar-refractivity contribution in [2.75, 3.05) is 25.2 Å². The third kappa shape index (κ3) is 5.12. The molecule has 6 rings (SSSR count). The van der Waals surface area contributed by atoms with Crippen LogP contribution in [0.2, 0.25) is 0 Å². The second kappa shape index (κ2) is 12.1. The number of aliphatic hydroxyl groups excluding tert-OH is 1. The molecule has 3 heterocycles. The normalized spacial score (nSPS) is 26.5. The molecule has 5 atom stereocenters. The number of hydrogen-bond acceptors (Lipinski definition) is 5. The van der Waals surface area contributed by atoms with E-state index in [1.165, 1.54) is 0 Å². The van der Waals surface area contributed by atoms with Gasteiger partial charge in [0.1, 0.15) is 5.75 Å². The largest absolute Gasteiger partial charge is 0.497 e. The molecule has 0 aliphatic carbocycles. The highest BCUT2D eigenvalue weighted by atomic mass is 127. The van der Waals surface area contributed by atoms with Crippen LogP contribution < -0.4 is 9.64 Å². The third-order valence-corrected chi connectivity index (χ3v) is 11.0. The van der Waals surface area contributed by atoms with Crippen molar-refractivity contribution in [3.63, 3.8) is 0 Å². The van der Waals surface area contributed by atoms with Crippen LogP contribution in [0.3, 0.4) is 0 Å². The molecular weight excluding hydrogens is 667 g/mol. The van der Waals surface area contributed by atoms with Crippen LogP contribution in [0.15, 0.2) is 72.8 Å². The lowest BCUT2D eigenvalue weighted by Gasteiger charge is -2.39. The molecule has 1 spiro atoms. The first-order chi connectivity index (χ1) is 21.1. The molecule has 1 N–H and O–H groups in total. The average Bonchev–Trinajstić information content (AvgIpc) is 3.69. The summed E-state index contributed by atoms with van der Waals surface area (Å²) in [4.78, 5) is 32.3. The summed E-state index contributed by atoms with van der Waals surface area (Å²) in [6.45, 7) is 7.53. The third-order valence-electron chi connectivity index (χ3n) is 10.3. The molecule has 0 bridgehead atoms. The van der Waals surface area contributed by atoms with Gasteiger partial charge in [0.05, 0.1) is 44.5 Å². The zero-order chi connectivity index (χ0) is 31.2. The number of anilines is 1. The van der Waals surface area contributed by atoms with Crippen molar-refractivity contribution in [1.82, 2.24) is 4.90 Å². The lowest BCUT2D eigenvalue weighted by atomic mass is 9.63. The number of rotatable bonds is 8. The van der Waals surface area contributed by atoms with E-state index in [-0.39, 0.29) is 42.7 Å². The summed E-state index contributed by atoms with van der Waals surface area (Å²) >= 11 is 2.29. The van der Waals surface area contributed by atoms with Gasteiger partial charge in [0.25, 0.3) is 5.91 Å². The first-order valence-corrected chi connectivity index (χ1v) is 16.6. The average molecular weight is 709 g/mol. The number of ether oxygens (including phenoxy) is 2. The molecule has 2 fully saturated rings. The second-order valence-corrected chi connectivity index (χ2v) is 14.2. The Morgan fingerprint density at radius 1 is 1.09 bits per heavy atom. The van der Waals surface area contributed by atoms with Crippen molar-refractivity contribution in [3.8, 4) is 5.75 Å². The Kier molecular flexibility index (Phi) is 8.54. The van der Waals surface area contributed by atoms with E-state index in [2.05, 4.69) is 79.8 Å². The van der Waals surface area contributed by atoms with Gasteiger partial charge in [0.2, 0.25) is 5.91 Å². The van der Waals surface area contributed by atoms with Gasteiger partial charge in [-0.1, -0.05) is 63.2 Å². The Morgan fingerprint density at radius 2 is 1.80 bits per heavy atom. The van der Waals surface area contributed by atoms with E-state index < -0.39 is 17.1 Å². The highest BCUT2D eigenvalue weighted by Crippen LogP contribution is 2.60. The quantitative estimate of drug-likeness (QED) is 0.289. The topological polar surface area (TPSA) is 79.3 Å². The molecule has 0 aromatic heterocycles. The number of carbonyl (C=O) groups excluding carboxylic acids is 2. The Morgan fingerprint density at radius 3 is 2.48 bits per heavy atom. The van der Waals surface area contributed by atoms with E-state index >= 15 is 0 Å². The predicted molar refractivity (Wildman–Crippen MR) is 178 cm³/mol. The van der Waals surface area contributed by atoms with E-state index in [0.717, 1.165) is 44.5 Å². The SMILES string of the molecule is COc1ccc(C(C)(C)[C@@H]2[C@@H](CC(=O)N3CCC[C@H]3CO)O[C@]3(C(=O)N(Cc4ccc(I)cc4)c4ccccc43)[C@H]2C)cc1. The summed E-state index contributed by atoms with van der Waals surface area (Å²) in [5, 5.41) is 9.95. The summed E-state index contributed by atoms with van der Waals surface area (Å²) < 4.78 is 13.7. The molecule has 3 aromatic carbocycles. The van der Waals surface area contributed by atoms with Gasteiger partial charge in [-0.25, -0.2) is 0 Å². The number of amides is 2. The second-order valence-electron chi connectivity index (χ2n) is 13.0. The van der Waals surface area contributed by atoms with Gasteiger partial charge in [-0.3, -0.25) is 9.59 Å². The number of benzene rings is 3. The van der Waals surface area contributed by atoms with Gasteiger partial charge >= 0.3 is 0 Å². The molecule has 2 saturated heterocycles. The molecule has 3 aromatic rings. The van der Waals surface area contributed by atoms with Gasteiger partial charge in [-0.2, -0.15) is 0 Å². The molecule has 232 valence electrons. The van der Waals surface area contributed by atoms with Gasteiger partial charge in [0.15, 0.2) is 5.60 Å². The summed E-state index contributed by atoms with van der Waals surface area (Å²) in [7, 11) is 1.65. The summed E-state index contributed by atoms with van der Waals surface area (Å²) in [6, 6.07) is 24.1. The summed E-state index contributed by atoms with van der Waals surface area (Å²) in [6.07, 6.45) is 1.32. The van der Waals surface area contributed by atoms with Crippen molar-refractivity contribution in [1.29, 1.82) is 0 Å². The maximum atomic E-state index is 14.8. The molecule has 7 nitrogen and oxygen atoms in total. The molecule has 3 aliphatic heterocycles. The lowest BCUT2D eigenvalue weighted by Crippen LogP contribution is -2.45. The molecule has 3 aliphatic rings. The zero-order valence-corrected chi connectivity index (χ0v) is 28.0. The van der Waals surface area contributed by atoms with Crippen molar-refractivity contribution in [2.45, 2.75) is 69.7 Å². The summed E-state index contributed by atoms with van der Waals surface area (Å²) in [5.74, 6) is 0.273. The fourth-order valence-electron chi connectivity index (χ4n) is 8.04. The number of aliphatic hydroxyl groups is 1. The van der Waals surface area contributed by atoms with E-state index in [4.69, 9.17) is 9.47 Å². The number of carbonyl (C=O) groups is 2. The van der Waals surface area contributed by atoms with Crippen LogP contribution in [0.1, 0.15) is 56.7 Å². The molecule has 0 saturated carbocycles. The van der Waals surface area contributed by atoms with Crippen LogP contribution in [0.25, 0.3) is 0 Å². The van der Waals surface area contributed by atoms with Crippen molar-refractivity contribution in [2.24, 2.45) is 11.8 Å². The summed E-state index contributed by atoms with van der Waals surface area (Å²) in [5.41, 5.74) is 2.19. The minimum atomic E-state index is -1.22. The standard InChI is InChI=1S/C36H41IN2O5/c1-23-33(35(2,3)25-13-17-28(43-4)18-14-25)31(20-32(41)38-19-7-8-27(38)22-40)44-36(23)29-9-5-6-10-30(29)39(34(36)42)21-24-11-15-26(37)16-12-24/h5-6,9-18,23,27,31,33,40H,7-8,19-22H2,1-4H3/t23-,27-,31+,33-,36+/m0/s1. The number of hydrogen-bond donors (Lipinski definition) is 1. The van der Waals surface area contributed by atoms with Crippen LogP contribution in [0.4, 0.5) is 5.69 Å². The van der Waals surface area contributed by atoms with E-state index in [9.17, 15) is 14.7 Å². The van der Waals surface area contributed by atoms with E-state index in [1.54, 1.807) is 7.11 Å². The molecule has 0 unspecified atom stereocenters. The van der Waals surface area contributed by atoms with Gasteiger partial charge in [-0.05, 0) is 82.3 Å². The Bertz CT molecular complexity index is 1520. The number of methoxy groups -OCH3 is 1. The van der Waals surface area contributed by atoms with Gasteiger partial charge in [0, 0.05) is 27.5 Å². The first-order valence-electron chi connectivity index (χ1n) is 15.5. The maximum absolute atomic E-state index is 14.8. The van der Waals surface area contributed by atoms with E-state index in [1.807, 2.05) is 46.2 Å². The number of fused-ring (bicyclic) bond motifs is 2. The monoisotopic (exact) mass is 708 g/mol. The molecule has 0 radical (unpaired) electrons. The minimum absolute atomic E-state index is 0.0270. The molecule has 44 heavy (non-hydrogen) atoms. The number of para-hydroxylation sites is 1. The Hall–Kier alpha value is -2.95. The molecular formula is C36H41IN2O5. The number of nitrogens with zero attached hydrogens (tertiary/aromatic N) is 2. The van der Waals surface area contributed by atoms with Crippen LogP contribution in [0, 0.1) is 15.4 Å². The van der Waals surface area contributed by atoms with Crippen LogP contribution >= 0.6 is 22.6 Å². The minimum Gasteiger partial charge on any atom is -0.497 e. The highest BCUT2D eigenvalue weighted by molar-refractivity contribution is 14.1. The van der Waals surface area contributed by atoms with Crippen molar-refractivity contribution in [3.05, 3.63) is 93.1 Å². The van der Waals surface area contributed by atoms with Crippen LogP contribution in [-0.4, -0.2) is 54.2 Å². The first kappa shape index (κ1) is 31.0.